The lowest BCUT2D eigenvalue weighted by molar-refractivity contribution is 1.27. The van der Waals surface area contributed by atoms with E-state index < -0.39 is 0 Å². The van der Waals surface area contributed by atoms with Gasteiger partial charge in [0.15, 0.2) is 0 Å². The Morgan fingerprint density at radius 3 is 1.22 bits per heavy atom. The van der Waals surface area contributed by atoms with Gasteiger partial charge in [-0.15, -0.1) is 0 Å². The van der Waals surface area contributed by atoms with Crippen LogP contribution < -0.4 is 4.90 Å². The van der Waals surface area contributed by atoms with Gasteiger partial charge in [-0.1, -0.05) is 109 Å². The molecule has 5 rings (SSSR count). The largest absolute Gasteiger partial charge is 0.308 e. The molecule has 0 aromatic heterocycles. The van der Waals surface area contributed by atoms with E-state index in [-0.39, 0.29) is 0 Å². The maximum absolute atomic E-state index is 3.81. The first-order valence-electron chi connectivity index (χ1n) is 10.7. The van der Waals surface area contributed by atoms with Crippen molar-refractivity contribution in [1.82, 2.24) is 0 Å². The molecule has 0 radical (unpaired) electrons. The summed E-state index contributed by atoms with van der Waals surface area (Å²) in [5, 5.41) is 0. The maximum atomic E-state index is 3.81. The first-order chi connectivity index (χ1) is 15.8. The van der Waals surface area contributed by atoms with E-state index in [0.717, 1.165) is 21.5 Å². The highest BCUT2D eigenvalue weighted by molar-refractivity contribution is 9.10. The minimum Gasteiger partial charge on any atom is -0.308 e. The summed E-state index contributed by atoms with van der Waals surface area (Å²) in [4.78, 5) is 2.36. The van der Waals surface area contributed by atoms with E-state index in [1.54, 1.807) is 0 Å². The van der Waals surface area contributed by atoms with Crippen molar-refractivity contribution in [2.24, 2.45) is 0 Å². The summed E-state index contributed by atoms with van der Waals surface area (Å²) in [5.74, 6) is 0. The van der Waals surface area contributed by atoms with Crippen LogP contribution in [0.4, 0.5) is 17.1 Å². The van der Waals surface area contributed by atoms with E-state index in [2.05, 4.69) is 154 Å². The zero-order valence-electron chi connectivity index (χ0n) is 17.5. The molecule has 1 nitrogen and oxygen atoms in total. The third kappa shape index (κ3) is 3.98. The van der Waals surface area contributed by atoms with Crippen LogP contribution in [0.2, 0.25) is 0 Å². The second-order valence-electron chi connectivity index (χ2n) is 7.55. The summed E-state index contributed by atoms with van der Waals surface area (Å²) in [7, 11) is 0. The third-order valence-electron chi connectivity index (χ3n) is 5.55. The van der Waals surface area contributed by atoms with Crippen LogP contribution in [0.15, 0.2) is 138 Å². The highest BCUT2D eigenvalue weighted by atomic mass is 79.9. The SMILES string of the molecule is Brc1ccccc1N(c1ccccc1-c1ccccc1)c1ccccc1-c1ccccc1. The van der Waals surface area contributed by atoms with Gasteiger partial charge in [0.1, 0.15) is 0 Å². The summed E-state index contributed by atoms with van der Waals surface area (Å²) >= 11 is 3.81. The zero-order chi connectivity index (χ0) is 21.8. The van der Waals surface area contributed by atoms with Crippen LogP contribution in [0.5, 0.6) is 0 Å². The van der Waals surface area contributed by atoms with Gasteiger partial charge < -0.3 is 4.90 Å². The Bertz CT molecular complexity index is 1250. The predicted molar refractivity (Wildman–Crippen MR) is 140 cm³/mol. The number of hydrogen-bond acceptors (Lipinski definition) is 1. The molecule has 0 heterocycles. The zero-order valence-corrected chi connectivity index (χ0v) is 19.1. The maximum Gasteiger partial charge on any atom is 0.0604 e. The predicted octanol–water partition coefficient (Wildman–Crippen LogP) is 9.25. The second-order valence-corrected chi connectivity index (χ2v) is 8.41. The number of nitrogens with zero attached hydrogens (tertiary/aromatic N) is 1. The monoisotopic (exact) mass is 475 g/mol. The minimum absolute atomic E-state index is 1.05. The number of anilines is 3. The second kappa shape index (κ2) is 9.25. The van der Waals surface area contributed by atoms with E-state index in [1.807, 2.05) is 0 Å². The summed E-state index contributed by atoms with van der Waals surface area (Å²) in [6, 6.07) is 46.7. The van der Waals surface area contributed by atoms with Crippen molar-refractivity contribution in [2.45, 2.75) is 0 Å². The van der Waals surface area contributed by atoms with Gasteiger partial charge in [-0.2, -0.15) is 0 Å². The lowest BCUT2D eigenvalue weighted by atomic mass is 9.99. The molecule has 154 valence electrons. The number of benzene rings is 5. The lowest BCUT2D eigenvalue weighted by Crippen LogP contribution is -2.13. The molecule has 32 heavy (non-hydrogen) atoms. The first kappa shape index (κ1) is 20.3. The van der Waals surface area contributed by atoms with Crippen LogP contribution in [0.1, 0.15) is 0 Å². The van der Waals surface area contributed by atoms with Crippen molar-refractivity contribution in [3.63, 3.8) is 0 Å². The molecule has 0 unspecified atom stereocenters. The number of halogens is 1. The fourth-order valence-electron chi connectivity index (χ4n) is 4.08. The number of para-hydroxylation sites is 3. The fraction of sp³-hybridized carbons (Fsp3) is 0. The quantitative estimate of drug-likeness (QED) is 0.244. The van der Waals surface area contributed by atoms with E-state index in [9.17, 15) is 0 Å². The van der Waals surface area contributed by atoms with Crippen molar-refractivity contribution in [2.75, 3.05) is 4.90 Å². The molecular formula is C30H22BrN. The molecule has 0 aliphatic rings. The Hall–Kier alpha value is -3.62. The Labute approximate surface area is 197 Å². The lowest BCUT2D eigenvalue weighted by Gasteiger charge is -2.30. The summed E-state index contributed by atoms with van der Waals surface area (Å²) < 4.78 is 1.05. The van der Waals surface area contributed by atoms with Gasteiger partial charge in [0, 0.05) is 15.6 Å². The molecule has 0 saturated heterocycles. The van der Waals surface area contributed by atoms with Crippen LogP contribution in [-0.2, 0) is 0 Å². The fourth-order valence-corrected chi connectivity index (χ4v) is 4.55. The van der Waals surface area contributed by atoms with Crippen molar-refractivity contribution in [3.05, 3.63) is 138 Å². The molecule has 5 aromatic carbocycles. The Balaban J connectivity index is 1.80. The Kier molecular flexibility index (Phi) is 5.87. The average Bonchev–Trinajstić information content (AvgIpc) is 2.87. The molecule has 0 N–H and O–H groups in total. The average molecular weight is 476 g/mol. The van der Waals surface area contributed by atoms with Crippen molar-refractivity contribution >= 4 is 33.0 Å². The minimum atomic E-state index is 1.05. The van der Waals surface area contributed by atoms with Crippen LogP contribution in [-0.4, -0.2) is 0 Å². The summed E-state index contributed by atoms with van der Waals surface area (Å²) in [6.07, 6.45) is 0. The van der Waals surface area contributed by atoms with Crippen molar-refractivity contribution < 1.29 is 0 Å². The van der Waals surface area contributed by atoms with Crippen LogP contribution in [0, 0.1) is 0 Å². The first-order valence-corrected chi connectivity index (χ1v) is 11.5. The number of rotatable bonds is 5. The van der Waals surface area contributed by atoms with Crippen molar-refractivity contribution in [3.8, 4) is 22.3 Å². The molecule has 0 aliphatic carbocycles. The topological polar surface area (TPSA) is 3.24 Å². The van der Waals surface area contributed by atoms with E-state index in [0.29, 0.717) is 0 Å². The standard InChI is InChI=1S/C30H22BrN/c31-27-19-9-12-22-30(27)32(28-20-10-7-17-25(28)23-13-3-1-4-14-23)29-21-11-8-18-26(29)24-15-5-2-6-16-24/h1-22H. The molecule has 0 aliphatic heterocycles. The van der Waals surface area contributed by atoms with Crippen LogP contribution in [0.25, 0.3) is 22.3 Å². The summed E-state index contributed by atoms with van der Waals surface area (Å²) in [5.41, 5.74) is 8.12. The van der Waals surface area contributed by atoms with E-state index in [4.69, 9.17) is 0 Å². The van der Waals surface area contributed by atoms with Gasteiger partial charge >= 0.3 is 0 Å². The molecule has 0 fully saturated rings. The molecule has 0 saturated carbocycles. The molecule has 0 atom stereocenters. The van der Waals surface area contributed by atoms with Gasteiger partial charge in [0.2, 0.25) is 0 Å². The van der Waals surface area contributed by atoms with Gasteiger partial charge in [-0.05, 0) is 51.3 Å². The van der Waals surface area contributed by atoms with E-state index in [1.165, 1.54) is 22.3 Å². The van der Waals surface area contributed by atoms with Gasteiger partial charge in [0.05, 0.1) is 17.1 Å². The molecule has 0 bridgehead atoms. The van der Waals surface area contributed by atoms with Crippen LogP contribution >= 0.6 is 15.9 Å². The Morgan fingerprint density at radius 1 is 0.375 bits per heavy atom. The highest BCUT2D eigenvalue weighted by Crippen LogP contribution is 2.46. The Morgan fingerprint density at radius 2 is 0.750 bits per heavy atom. The normalized spacial score (nSPS) is 10.7. The van der Waals surface area contributed by atoms with Crippen molar-refractivity contribution in [1.29, 1.82) is 0 Å². The van der Waals surface area contributed by atoms with Crippen LogP contribution in [0.3, 0.4) is 0 Å². The molecule has 0 spiro atoms. The third-order valence-corrected chi connectivity index (χ3v) is 6.22. The highest BCUT2D eigenvalue weighted by Gasteiger charge is 2.21. The smallest absolute Gasteiger partial charge is 0.0604 e. The van der Waals surface area contributed by atoms with Gasteiger partial charge in [-0.25, -0.2) is 0 Å². The number of hydrogen-bond donors (Lipinski definition) is 0. The summed E-state index contributed by atoms with van der Waals surface area (Å²) in [6.45, 7) is 0. The molecular weight excluding hydrogens is 454 g/mol. The van der Waals surface area contributed by atoms with Gasteiger partial charge in [0.25, 0.3) is 0 Å². The molecule has 2 heteroatoms. The molecule has 5 aromatic rings. The van der Waals surface area contributed by atoms with E-state index >= 15 is 0 Å². The van der Waals surface area contributed by atoms with Gasteiger partial charge in [-0.3, -0.25) is 0 Å². The molecule has 0 amide bonds.